The molecule has 0 radical (unpaired) electrons. The molecular weight excluding hydrogens is 305 g/mol. The van der Waals surface area contributed by atoms with Crippen molar-refractivity contribution in [3.63, 3.8) is 0 Å². The van der Waals surface area contributed by atoms with E-state index in [1.807, 2.05) is 30.5 Å². The Hall–Kier alpha value is -0.880. The predicted octanol–water partition coefficient (Wildman–Crippen LogP) is 2.64. The third-order valence-electron chi connectivity index (χ3n) is 2.36. The number of H-pyrrole nitrogens is 1. The van der Waals surface area contributed by atoms with Crippen LogP contribution in [-0.4, -0.2) is 17.4 Å². The molecule has 2 rings (SSSR count). The Morgan fingerprint density at radius 1 is 1.47 bits per heavy atom. The van der Waals surface area contributed by atoms with Crippen molar-refractivity contribution >= 4 is 40.2 Å². The van der Waals surface area contributed by atoms with Gasteiger partial charge in [0.1, 0.15) is 35.4 Å². The maximum absolute atomic E-state index is 10.7. The molecule has 15 heavy (non-hydrogen) atoms. The maximum Gasteiger partial charge on any atom is 0.150 e. The van der Waals surface area contributed by atoms with Crippen molar-refractivity contribution in [2.75, 3.05) is 0 Å². The second kappa shape index (κ2) is 4.76. The van der Waals surface area contributed by atoms with E-state index in [0.717, 1.165) is 22.8 Å². The quantitative estimate of drug-likeness (QED) is 0.696. The fourth-order valence-corrected chi connectivity index (χ4v) is 1.92. The van der Waals surface area contributed by atoms with E-state index in [1.165, 1.54) is 0 Å². The number of rotatable bonds is 4. The molecule has 0 amide bonds. The average Bonchev–Trinajstić information content (AvgIpc) is 2.69. The van der Waals surface area contributed by atoms with E-state index in [1.54, 1.807) is 23.0 Å². The molecule has 2 aromatic rings. The van der Waals surface area contributed by atoms with E-state index in [4.69, 9.17) is 3.07 Å². The second-order valence-corrected chi connectivity index (χ2v) is 3.84. The Morgan fingerprint density at radius 3 is 3.00 bits per heavy atom. The zero-order valence-corrected chi connectivity index (χ0v) is 10.1. The highest BCUT2D eigenvalue weighted by Crippen LogP contribution is 2.19. The number of carbonyl (C=O) groups excluding carboxylic acids is 1. The van der Waals surface area contributed by atoms with Crippen LogP contribution in [0.4, 0.5) is 0 Å². The number of aldehydes is 1. The summed E-state index contributed by atoms with van der Waals surface area (Å²) in [5.41, 5.74) is 2.20. The van der Waals surface area contributed by atoms with Crippen LogP contribution in [0, 0.1) is 0 Å². The molecule has 0 fully saturated rings. The van der Waals surface area contributed by atoms with Gasteiger partial charge in [-0.25, -0.2) is 0 Å². The largest absolute Gasteiger partial charge is 0.361 e. The highest BCUT2D eigenvalue weighted by molar-refractivity contribution is 14.1. The Kier molecular flexibility index (Phi) is 3.37. The van der Waals surface area contributed by atoms with E-state index < -0.39 is 0 Å². The summed E-state index contributed by atoms with van der Waals surface area (Å²) in [5, 5.41) is 1.15. The van der Waals surface area contributed by atoms with Crippen molar-refractivity contribution in [1.82, 2.24) is 4.98 Å². The van der Waals surface area contributed by atoms with Crippen molar-refractivity contribution in [3.8, 4) is 0 Å². The summed E-state index contributed by atoms with van der Waals surface area (Å²) in [6.45, 7) is 0. The minimum Gasteiger partial charge on any atom is -0.361 e. The van der Waals surface area contributed by atoms with Gasteiger partial charge in [-0.05, 0) is 11.6 Å². The number of para-hydroxylation sites is 1. The first-order valence-corrected chi connectivity index (χ1v) is 5.51. The van der Waals surface area contributed by atoms with Gasteiger partial charge in [0, 0.05) is 23.5 Å². The van der Waals surface area contributed by atoms with E-state index in [2.05, 4.69) is 4.98 Å². The second-order valence-electron chi connectivity index (χ2n) is 3.33. The van der Waals surface area contributed by atoms with Gasteiger partial charge in [0.2, 0.25) is 0 Å². The number of aromatic nitrogens is 1. The summed E-state index contributed by atoms with van der Waals surface area (Å²) in [5.74, 6) is 0. The number of fused-ring (bicyclic) bond motifs is 1. The smallest absolute Gasteiger partial charge is 0.150 e. The Morgan fingerprint density at radius 2 is 2.27 bits per heavy atom. The Balaban J connectivity index is 2.32. The molecule has 1 aromatic heterocycles. The summed E-state index contributed by atoms with van der Waals surface area (Å²) in [6, 6.07) is 8.02. The normalized spacial score (nSPS) is 12.9. The van der Waals surface area contributed by atoms with Gasteiger partial charge in [-0.15, -0.1) is 0 Å². The molecule has 3 nitrogen and oxygen atoms in total. The van der Waals surface area contributed by atoms with E-state index in [9.17, 15) is 4.79 Å². The van der Waals surface area contributed by atoms with Crippen LogP contribution in [0.2, 0.25) is 0 Å². The van der Waals surface area contributed by atoms with Gasteiger partial charge in [0.05, 0.1) is 0 Å². The van der Waals surface area contributed by atoms with Crippen molar-refractivity contribution in [1.29, 1.82) is 0 Å². The molecule has 0 spiro atoms. The third kappa shape index (κ3) is 2.21. The van der Waals surface area contributed by atoms with Crippen LogP contribution in [0.1, 0.15) is 5.56 Å². The van der Waals surface area contributed by atoms with Crippen LogP contribution in [0.15, 0.2) is 30.5 Å². The SMILES string of the molecule is O=CC(Cc1c[nH]c2ccccc12)OI. The van der Waals surface area contributed by atoms with Gasteiger partial charge < -0.3 is 12.8 Å². The minimum absolute atomic E-state index is 0.371. The number of carbonyl (C=O) groups is 1. The van der Waals surface area contributed by atoms with Crippen molar-refractivity contribution in [2.24, 2.45) is 0 Å². The highest BCUT2D eigenvalue weighted by atomic mass is 127. The summed E-state index contributed by atoms with van der Waals surface area (Å²) >= 11 is 1.76. The van der Waals surface area contributed by atoms with Crippen LogP contribution < -0.4 is 0 Å². The van der Waals surface area contributed by atoms with Gasteiger partial charge in [-0.3, -0.25) is 0 Å². The molecule has 4 heteroatoms. The number of nitrogens with one attached hydrogen (secondary N) is 1. The molecule has 0 saturated heterocycles. The number of aromatic amines is 1. The fourth-order valence-electron chi connectivity index (χ4n) is 1.62. The summed E-state index contributed by atoms with van der Waals surface area (Å²) < 4.78 is 5.01. The van der Waals surface area contributed by atoms with Gasteiger partial charge in [-0.2, -0.15) is 0 Å². The standard InChI is InChI=1S/C11H10INO2/c12-15-9(7-14)5-8-6-13-11-4-2-1-3-10(8)11/h1-4,6-7,9,13H,5H2. The van der Waals surface area contributed by atoms with E-state index >= 15 is 0 Å². The first kappa shape index (κ1) is 10.6. The zero-order valence-electron chi connectivity index (χ0n) is 7.94. The van der Waals surface area contributed by atoms with Crippen LogP contribution in [0.3, 0.4) is 0 Å². The molecule has 1 aromatic carbocycles. The fraction of sp³-hybridized carbons (Fsp3) is 0.182. The lowest BCUT2D eigenvalue weighted by molar-refractivity contribution is -0.112. The zero-order chi connectivity index (χ0) is 10.7. The van der Waals surface area contributed by atoms with Gasteiger partial charge >= 0.3 is 0 Å². The lowest BCUT2D eigenvalue weighted by Crippen LogP contribution is -2.12. The number of benzene rings is 1. The highest BCUT2D eigenvalue weighted by Gasteiger charge is 2.10. The minimum atomic E-state index is -0.371. The van der Waals surface area contributed by atoms with Crippen LogP contribution >= 0.6 is 23.0 Å². The van der Waals surface area contributed by atoms with Gasteiger partial charge in [-0.1, -0.05) is 18.2 Å². The summed E-state index contributed by atoms with van der Waals surface area (Å²) in [6.07, 6.45) is 2.99. The molecule has 0 aliphatic carbocycles. The van der Waals surface area contributed by atoms with Crippen molar-refractivity contribution < 1.29 is 7.86 Å². The summed E-state index contributed by atoms with van der Waals surface area (Å²) in [4.78, 5) is 13.8. The molecule has 0 saturated carbocycles. The number of hydrogen-bond donors (Lipinski definition) is 1. The lowest BCUT2D eigenvalue weighted by atomic mass is 10.1. The average molecular weight is 315 g/mol. The molecule has 1 atom stereocenters. The number of halogens is 1. The molecule has 0 aliphatic heterocycles. The van der Waals surface area contributed by atoms with Crippen molar-refractivity contribution in [2.45, 2.75) is 12.5 Å². The van der Waals surface area contributed by atoms with Gasteiger partial charge in [0.15, 0.2) is 0 Å². The monoisotopic (exact) mass is 315 g/mol. The Labute approximate surface area is 102 Å². The van der Waals surface area contributed by atoms with Crippen LogP contribution in [-0.2, 0) is 14.3 Å². The molecule has 1 unspecified atom stereocenters. The van der Waals surface area contributed by atoms with Crippen molar-refractivity contribution in [3.05, 3.63) is 36.0 Å². The predicted molar refractivity (Wildman–Crippen MR) is 67.0 cm³/mol. The first-order valence-electron chi connectivity index (χ1n) is 4.63. The molecule has 0 bridgehead atoms. The third-order valence-corrected chi connectivity index (χ3v) is 3.02. The van der Waals surface area contributed by atoms with Crippen LogP contribution in [0.25, 0.3) is 10.9 Å². The first-order chi connectivity index (χ1) is 7.35. The topological polar surface area (TPSA) is 42.1 Å². The molecule has 0 aliphatic rings. The summed E-state index contributed by atoms with van der Waals surface area (Å²) in [7, 11) is 0. The maximum atomic E-state index is 10.7. The molecule has 78 valence electrons. The van der Waals surface area contributed by atoms with E-state index in [-0.39, 0.29) is 6.10 Å². The molecule has 1 N–H and O–H groups in total. The van der Waals surface area contributed by atoms with E-state index in [0.29, 0.717) is 6.42 Å². The van der Waals surface area contributed by atoms with Gasteiger partial charge in [0.25, 0.3) is 0 Å². The van der Waals surface area contributed by atoms with Crippen LogP contribution in [0.5, 0.6) is 0 Å². The molecule has 1 heterocycles. The Bertz CT molecular complexity index is 466. The number of hydrogen-bond acceptors (Lipinski definition) is 2. The molecular formula is C11H10INO2. The lowest BCUT2D eigenvalue weighted by Gasteiger charge is -2.04.